The Morgan fingerprint density at radius 3 is 3.05 bits per heavy atom. The predicted molar refractivity (Wildman–Crippen MR) is 87.0 cm³/mol. The van der Waals surface area contributed by atoms with Crippen LogP contribution >= 0.6 is 15.9 Å². The van der Waals surface area contributed by atoms with Crippen molar-refractivity contribution in [3.05, 3.63) is 34.4 Å². The molecular weight excluding hydrogens is 316 g/mol. The van der Waals surface area contributed by atoms with Gasteiger partial charge >= 0.3 is 0 Å². The monoisotopic (exact) mass is 334 g/mol. The van der Waals surface area contributed by atoms with E-state index in [0.29, 0.717) is 18.5 Å². The summed E-state index contributed by atoms with van der Waals surface area (Å²) in [6.45, 7) is 0.708. The van der Waals surface area contributed by atoms with E-state index in [9.17, 15) is 0 Å². The van der Waals surface area contributed by atoms with Crippen LogP contribution in [0.25, 0.3) is 10.9 Å². The molecule has 0 amide bonds. The molecule has 4 N–H and O–H groups in total. The molecular formula is C15H19BrN4. The fourth-order valence-electron chi connectivity index (χ4n) is 2.51. The third-order valence-corrected chi connectivity index (χ3v) is 4.52. The van der Waals surface area contributed by atoms with Crippen molar-refractivity contribution in [3.8, 4) is 0 Å². The molecule has 0 unspecified atom stereocenters. The first-order valence-electron chi connectivity index (χ1n) is 7.05. The Labute approximate surface area is 127 Å². The van der Waals surface area contributed by atoms with Gasteiger partial charge < -0.3 is 16.0 Å². The van der Waals surface area contributed by atoms with E-state index in [0.717, 1.165) is 16.4 Å². The molecule has 0 radical (unpaired) electrons. The van der Waals surface area contributed by atoms with Crippen LogP contribution in [0.5, 0.6) is 0 Å². The fourth-order valence-corrected chi connectivity index (χ4v) is 3.13. The number of nitrogens with zero attached hydrogens (tertiary/aromatic N) is 1. The topological polar surface area (TPSA) is 66.2 Å². The summed E-state index contributed by atoms with van der Waals surface area (Å²) >= 11 is 3.60. The molecule has 1 saturated carbocycles. The highest BCUT2D eigenvalue weighted by molar-refractivity contribution is 9.10. The van der Waals surface area contributed by atoms with Crippen molar-refractivity contribution in [2.24, 2.45) is 10.7 Å². The van der Waals surface area contributed by atoms with Gasteiger partial charge in [-0.1, -0.05) is 22.0 Å². The van der Waals surface area contributed by atoms with Crippen LogP contribution in [0.4, 0.5) is 0 Å². The van der Waals surface area contributed by atoms with Gasteiger partial charge in [0.2, 0.25) is 0 Å². The van der Waals surface area contributed by atoms with Crippen molar-refractivity contribution in [2.75, 3.05) is 6.54 Å². The molecule has 106 valence electrons. The summed E-state index contributed by atoms with van der Waals surface area (Å²) in [5.74, 6) is 0.577. The molecule has 0 atom stereocenters. The van der Waals surface area contributed by atoms with E-state index in [-0.39, 0.29) is 0 Å². The molecule has 3 rings (SSSR count). The maximum absolute atomic E-state index is 5.89. The van der Waals surface area contributed by atoms with Gasteiger partial charge in [-0.3, -0.25) is 4.99 Å². The number of aromatic nitrogens is 1. The number of nitrogens with two attached hydrogens (primary N) is 1. The Bertz CT molecular complexity index is 628. The van der Waals surface area contributed by atoms with Gasteiger partial charge in [-0.15, -0.1) is 0 Å². The standard InChI is InChI=1S/C15H19BrN4/c16-12-5-2-6-13-14(12)10(9-19-13)7-8-18-15(17)20-11-3-1-4-11/h2,5-6,9,11,19H,1,3-4,7-8H2,(H3,17,18,20). The number of aromatic amines is 1. The van der Waals surface area contributed by atoms with Crippen molar-refractivity contribution in [1.29, 1.82) is 0 Å². The Hall–Kier alpha value is -1.49. The number of nitrogens with one attached hydrogen (secondary N) is 2. The summed E-state index contributed by atoms with van der Waals surface area (Å²) in [5, 5.41) is 4.50. The van der Waals surface area contributed by atoms with Gasteiger partial charge in [0.25, 0.3) is 0 Å². The van der Waals surface area contributed by atoms with Crippen LogP contribution in [0.1, 0.15) is 24.8 Å². The Morgan fingerprint density at radius 1 is 1.45 bits per heavy atom. The first kappa shape index (κ1) is 13.5. The zero-order chi connectivity index (χ0) is 13.9. The first-order valence-corrected chi connectivity index (χ1v) is 7.84. The molecule has 20 heavy (non-hydrogen) atoms. The zero-order valence-electron chi connectivity index (χ0n) is 11.3. The molecule has 0 aliphatic heterocycles. The van der Waals surface area contributed by atoms with Crippen molar-refractivity contribution >= 4 is 32.8 Å². The van der Waals surface area contributed by atoms with E-state index in [1.165, 1.54) is 30.2 Å². The van der Waals surface area contributed by atoms with Gasteiger partial charge in [0.1, 0.15) is 0 Å². The summed E-state index contributed by atoms with van der Waals surface area (Å²) in [6, 6.07) is 6.72. The molecule has 1 aliphatic rings. The van der Waals surface area contributed by atoms with Gasteiger partial charge in [0.05, 0.1) is 0 Å². The quantitative estimate of drug-likeness (QED) is 0.594. The molecule has 1 heterocycles. The van der Waals surface area contributed by atoms with Crippen molar-refractivity contribution in [2.45, 2.75) is 31.7 Å². The number of benzene rings is 1. The minimum Gasteiger partial charge on any atom is -0.370 e. The van der Waals surface area contributed by atoms with Gasteiger partial charge in [-0.25, -0.2) is 0 Å². The van der Waals surface area contributed by atoms with E-state index in [2.05, 4.69) is 49.6 Å². The molecule has 5 heteroatoms. The Morgan fingerprint density at radius 2 is 2.30 bits per heavy atom. The molecule has 1 aliphatic carbocycles. The van der Waals surface area contributed by atoms with Crippen molar-refractivity contribution in [1.82, 2.24) is 10.3 Å². The molecule has 1 fully saturated rings. The summed E-state index contributed by atoms with van der Waals surface area (Å²) < 4.78 is 1.12. The number of fused-ring (bicyclic) bond motifs is 1. The lowest BCUT2D eigenvalue weighted by Crippen LogP contribution is -2.43. The van der Waals surface area contributed by atoms with Crippen molar-refractivity contribution < 1.29 is 0 Å². The largest absolute Gasteiger partial charge is 0.370 e. The van der Waals surface area contributed by atoms with Crippen LogP contribution in [0.15, 0.2) is 33.9 Å². The van der Waals surface area contributed by atoms with Crippen LogP contribution in [0.3, 0.4) is 0 Å². The maximum atomic E-state index is 5.89. The number of H-pyrrole nitrogens is 1. The molecule has 0 bridgehead atoms. The highest BCUT2D eigenvalue weighted by Gasteiger charge is 2.17. The first-order chi connectivity index (χ1) is 9.74. The van der Waals surface area contributed by atoms with E-state index < -0.39 is 0 Å². The minimum atomic E-state index is 0.543. The number of rotatable bonds is 4. The second-order valence-electron chi connectivity index (χ2n) is 5.27. The number of hydrogen-bond donors (Lipinski definition) is 3. The Balaban J connectivity index is 1.63. The van der Waals surface area contributed by atoms with Gasteiger partial charge in [-0.2, -0.15) is 0 Å². The average Bonchev–Trinajstić information content (AvgIpc) is 2.79. The second kappa shape index (κ2) is 5.87. The summed E-state index contributed by atoms with van der Waals surface area (Å²) in [7, 11) is 0. The molecule has 2 aromatic rings. The smallest absolute Gasteiger partial charge is 0.188 e. The molecule has 0 spiro atoms. The molecule has 4 nitrogen and oxygen atoms in total. The number of aliphatic imine (C=N–C) groups is 1. The van der Waals surface area contributed by atoms with Gasteiger partial charge in [0, 0.05) is 34.2 Å². The number of hydrogen-bond acceptors (Lipinski definition) is 1. The Kier molecular flexibility index (Phi) is 3.96. The highest BCUT2D eigenvalue weighted by atomic mass is 79.9. The molecule has 1 aromatic heterocycles. The van der Waals surface area contributed by atoms with Gasteiger partial charge in [-0.05, 0) is 43.4 Å². The zero-order valence-corrected chi connectivity index (χ0v) is 12.9. The minimum absolute atomic E-state index is 0.543. The third kappa shape index (κ3) is 2.82. The SMILES string of the molecule is NC(=NCCc1c[nH]c2cccc(Br)c12)NC1CCC1. The summed E-state index contributed by atoms with van der Waals surface area (Å²) in [6.07, 6.45) is 6.67. The van der Waals surface area contributed by atoms with Gasteiger partial charge in [0.15, 0.2) is 5.96 Å². The van der Waals surface area contributed by atoms with E-state index >= 15 is 0 Å². The maximum Gasteiger partial charge on any atom is 0.188 e. The van der Waals surface area contributed by atoms with E-state index in [4.69, 9.17) is 5.73 Å². The molecule has 1 aromatic carbocycles. The highest BCUT2D eigenvalue weighted by Crippen LogP contribution is 2.27. The van der Waals surface area contributed by atoms with Crippen LogP contribution < -0.4 is 11.1 Å². The number of halogens is 1. The average molecular weight is 335 g/mol. The summed E-state index contributed by atoms with van der Waals surface area (Å²) in [4.78, 5) is 7.70. The fraction of sp³-hybridized carbons (Fsp3) is 0.400. The van der Waals surface area contributed by atoms with Crippen LogP contribution in [0.2, 0.25) is 0 Å². The molecule has 0 saturated heterocycles. The lowest BCUT2D eigenvalue weighted by molar-refractivity contribution is 0.382. The van der Waals surface area contributed by atoms with E-state index in [1.54, 1.807) is 0 Å². The van der Waals surface area contributed by atoms with Crippen LogP contribution in [-0.2, 0) is 6.42 Å². The number of guanidine groups is 1. The van der Waals surface area contributed by atoms with Crippen LogP contribution in [0, 0.1) is 0 Å². The second-order valence-corrected chi connectivity index (χ2v) is 6.12. The van der Waals surface area contributed by atoms with Crippen molar-refractivity contribution in [3.63, 3.8) is 0 Å². The summed E-state index contributed by atoms with van der Waals surface area (Å²) in [5.41, 5.74) is 8.31. The normalized spacial score (nSPS) is 16.4. The van der Waals surface area contributed by atoms with E-state index in [1.807, 2.05) is 6.07 Å². The third-order valence-electron chi connectivity index (χ3n) is 3.86. The predicted octanol–water partition coefficient (Wildman–Crippen LogP) is 2.93. The lowest BCUT2D eigenvalue weighted by Gasteiger charge is -2.26. The van der Waals surface area contributed by atoms with Crippen LogP contribution in [-0.4, -0.2) is 23.5 Å². The lowest BCUT2D eigenvalue weighted by atomic mass is 9.93.